The minimum Gasteiger partial charge on any atom is -0.490 e. The molecule has 1 fully saturated rings. The summed E-state index contributed by atoms with van der Waals surface area (Å²) in [6.45, 7) is 7.16. The van der Waals surface area contributed by atoms with Gasteiger partial charge in [-0.25, -0.2) is 9.97 Å². The van der Waals surface area contributed by atoms with Crippen molar-refractivity contribution >= 4 is 0 Å². The lowest BCUT2D eigenvalue weighted by atomic mass is 10.1. The van der Waals surface area contributed by atoms with E-state index in [-0.39, 0.29) is 0 Å². The number of rotatable bonds is 4. The van der Waals surface area contributed by atoms with Gasteiger partial charge >= 0.3 is 0 Å². The standard InChI is InChI=1S/C18H23N3O/c1-14-5-3-6-17(15(14)2)22-16-7-11-21(12-8-16)13-18-19-9-4-10-20-18/h3-6,9-10,16H,7-8,11-13H2,1-2H3. The third kappa shape index (κ3) is 3.63. The second-order valence-electron chi connectivity index (χ2n) is 5.96. The SMILES string of the molecule is Cc1cccc(OC2CCN(Cc3ncccn3)CC2)c1C. The molecule has 0 aliphatic carbocycles. The van der Waals surface area contributed by atoms with Crippen LogP contribution in [0.3, 0.4) is 0 Å². The Kier molecular flexibility index (Phi) is 4.68. The second-order valence-corrected chi connectivity index (χ2v) is 5.96. The third-order valence-electron chi connectivity index (χ3n) is 4.37. The Balaban J connectivity index is 1.52. The minimum absolute atomic E-state index is 0.313. The summed E-state index contributed by atoms with van der Waals surface area (Å²) in [6, 6.07) is 8.13. The molecular weight excluding hydrogens is 274 g/mol. The number of benzene rings is 1. The summed E-state index contributed by atoms with van der Waals surface area (Å²) in [5.41, 5.74) is 2.54. The number of aromatic nitrogens is 2. The predicted molar refractivity (Wildman–Crippen MR) is 86.9 cm³/mol. The smallest absolute Gasteiger partial charge is 0.142 e. The molecule has 0 bridgehead atoms. The molecule has 2 aromatic rings. The summed E-state index contributed by atoms with van der Waals surface area (Å²) in [5, 5.41) is 0. The topological polar surface area (TPSA) is 38.2 Å². The minimum atomic E-state index is 0.313. The van der Waals surface area contributed by atoms with Crippen molar-refractivity contribution in [1.29, 1.82) is 0 Å². The Hall–Kier alpha value is -1.94. The predicted octanol–water partition coefficient (Wildman–Crippen LogP) is 3.14. The van der Waals surface area contributed by atoms with Crippen LogP contribution in [0.25, 0.3) is 0 Å². The van der Waals surface area contributed by atoms with E-state index in [4.69, 9.17) is 4.74 Å². The number of aryl methyl sites for hydroxylation is 1. The first kappa shape index (κ1) is 15.0. The van der Waals surface area contributed by atoms with Crippen molar-refractivity contribution in [3.05, 3.63) is 53.6 Å². The molecule has 1 aromatic heterocycles. The molecule has 116 valence electrons. The lowest BCUT2D eigenvalue weighted by Gasteiger charge is -2.32. The van der Waals surface area contributed by atoms with Crippen molar-refractivity contribution < 1.29 is 4.74 Å². The van der Waals surface area contributed by atoms with Crippen LogP contribution in [0.5, 0.6) is 5.75 Å². The van der Waals surface area contributed by atoms with Crippen molar-refractivity contribution in [3.8, 4) is 5.75 Å². The van der Waals surface area contributed by atoms with Gasteiger partial charge in [0, 0.05) is 25.5 Å². The van der Waals surface area contributed by atoms with Gasteiger partial charge < -0.3 is 4.74 Å². The molecule has 0 saturated carbocycles. The summed E-state index contributed by atoms with van der Waals surface area (Å²) in [4.78, 5) is 11.0. The number of piperidine rings is 1. The first-order valence-corrected chi connectivity index (χ1v) is 7.93. The highest BCUT2D eigenvalue weighted by Gasteiger charge is 2.21. The van der Waals surface area contributed by atoms with Crippen LogP contribution < -0.4 is 4.74 Å². The Morgan fingerprint density at radius 2 is 1.82 bits per heavy atom. The monoisotopic (exact) mass is 297 g/mol. The maximum absolute atomic E-state index is 6.21. The average molecular weight is 297 g/mol. The number of nitrogens with zero attached hydrogens (tertiary/aromatic N) is 3. The molecule has 1 aliphatic heterocycles. The van der Waals surface area contributed by atoms with Gasteiger partial charge in [0.2, 0.25) is 0 Å². The van der Waals surface area contributed by atoms with Gasteiger partial charge in [0.25, 0.3) is 0 Å². The first-order valence-electron chi connectivity index (χ1n) is 7.93. The van der Waals surface area contributed by atoms with Crippen LogP contribution in [0.1, 0.15) is 29.8 Å². The van der Waals surface area contributed by atoms with E-state index < -0.39 is 0 Å². The van der Waals surface area contributed by atoms with Crippen molar-refractivity contribution in [2.75, 3.05) is 13.1 Å². The Bertz CT molecular complexity index is 607. The van der Waals surface area contributed by atoms with Crippen LogP contribution in [0.4, 0.5) is 0 Å². The number of hydrogen-bond donors (Lipinski definition) is 0. The van der Waals surface area contributed by atoms with E-state index in [1.54, 1.807) is 12.4 Å². The molecule has 0 amide bonds. The molecular formula is C18H23N3O. The van der Waals surface area contributed by atoms with Crippen molar-refractivity contribution in [3.63, 3.8) is 0 Å². The fourth-order valence-corrected chi connectivity index (χ4v) is 2.83. The molecule has 3 rings (SSSR count). The first-order chi connectivity index (χ1) is 10.7. The van der Waals surface area contributed by atoms with Gasteiger partial charge in [0.1, 0.15) is 17.7 Å². The molecule has 1 aliphatic rings. The average Bonchev–Trinajstić information content (AvgIpc) is 2.55. The van der Waals surface area contributed by atoms with E-state index in [0.29, 0.717) is 6.10 Å². The molecule has 0 atom stereocenters. The third-order valence-corrected chi connectivity index (χ3v) is 4.37. The fourth-order valence-electron chi connectivity index (χ4n) is 2.83. The van der Waals surface area contributed by atoms with Crippen LogP contribution in [0, 0.1) is 13.8 Å². The van der Waals surface area contributed by atoms with E-state index in [2.05, 4.69) is 46.9 Å². The van der Waals surface area contributed by atoms with E-state index in [1.165, 1.54) is 11.1 Å². The summed E-state index contributed by atoms with van der Waals surface area (Å²) >= 11 is 0. The zero-order valence-electron chi connectivity index (χ0n) is 13.3. The fraction of sp³-hybridized carbons (Fsp3) is 0.444. The highest BCUT2D eigenvalue weighted by molar-refractivity contribution is 5.38. The van der Waals surface area contributed by atoms with Crippen LogP contribution >= 0.6 is 0 Å². The lowest BCUT2D eigenvalue weighted by molar-refractivity contribution is 0.0948. The lowest BCUT2D eigenvalue weighted by Crippen LogP contribution is -2.38. The van der Waals surface area contributed by atoms with E-state index >= 15 is 0 Å². The van der Waals surface area contributed by atoms with E-state index in [1.807, 2.05) is 6.07 Å². The second kappa shape index (κ2) is 6.88. The molecule has 4 nitrogen and oxygen atoms in total. The van der Waals surface area contributed by atoms with Crippen LogP contribution in [-0.4, -0.2) is 34.1 Å². The Morgan fingerprint density at radius 1 is 1.09 bits per heavy atom. The van der Waals surface area contributed by atoms with Crippen molar-refractivity contribution in [2.24, 2.45) is 0 Å². The van der Waals surface area contributed by atoms with Crippen LogP contribution in [-0.2, 0) is 6.54 Å². The molecule has 22 heavy (non-hydrogen) atoms. The summed E-state index contributed by atoms with van der Waals surface area (Å²) in [7, 11) is 0. The van der Waals surface area contributed by atoms with Gasteiger partial charge in [0.05, 0.1) is 6.54 Å². The summed E-state index contributed by atoms with van der Waals surface area (Å²) < 4.78 is 6.21. The molecule has 2 heterocycles. The molecule has 0 spiro atoms. The normalized spacial score (nSPS) is 16.6. The molecule has 1 aromatic carbocycles. The molecule has 0 radical (unpaired) electrons. The maximum Gasteiger partial charge on any atom is 0.142 e. The molecule has 4 heteroatoms. The molecule has 0 N–H and O–H groups in total. The van der Waals surface area contributed by atoms with E-state index in [9.17, 15) is 0 Å². The molecule has 0 unspecified atom stereocenters. The van der Waals surface area contributed by atoms with E-state index in [0.717, 1.165) is 44.0 Å². The highest BCUT2D eigenvalue weighted by atomic mass is 16.5. The quantitative estimate of drug-likeness (QED) is 0.869. The number of ether oxygens (including phenoxy) is 1. The van der Waals surface area contributed by atoms with Gasteiger partial charge in [-0.1, -0.05) is 12.1 Å². The Morgan fingerprint density at radius 3 is 2.55 bits per heavy atom. The maximum atomic E-state index is 6.21. The van der Waals surface area contributed by atoms with Gasteiger partial charge in [-0.15, -0.1) is 0 Å². The summed E-state index contributed by atoms with van der Waals surface area (Å²) in [5.74, 6) is 1.93. The number of likely N-dealkylation sites (tertiary alicyclic amines) is 1. The van der Waals surface area contributed by atoms with Gasteiger partial charge in [-0.05, 0) is 49.9 Å². The zero-order valence-corrected chi connectivity index (χ0v) is 13.3. The zero-order chi connectivity index (χ0) is 15.4. The van der Waals surface area contributed by atoms with Gasteiger partial charge in [-0.2, -0.15) is 0 Å². The Labute approximate surface area is 132 Å². The number of hydrogen-bond acceptors (Lipinski definition) is 4. The highest BCUT2D eigenvalue weighted by Crippen LogP contribution is 2.25. The van der Waals surface area contributed by atoms with Crippen molar-refractivity contribution in [2.45, 2.75) is 39.3 Å². The van der Waals surface area contributed by atoms with Crippen LogP contribution in [0.2, 0.25) is 0 Å². The van der Waals surface area contributed by atoms with Crippen molar-refractivity contribution in [1.82, 2.24) is 14.9 Å². The largest absolute Gasteiger partial charge is 0.490 e. The van der Waals surface area contributed by atoms with Gasteiger partial charge in [-0.3, -0.25) is 4.90 Å². The summed E-state index contributed by atoms with van der Waals surface area (Å²) in [6.07, 6.45) is 6.03. The van der Waals surface area contributed by atoms with Crippen LogP contribution in [0.15, 0.2) is 36.7 Å². The molecule has 1 saturated heterocycles. The van der Waals surface area contributed by atoms with Gasteiger partial charge in [0.15, 0.2) is 0 Å².